The van der Waals surface area contributed by atoms with Gasteiger partial charge in [0.15, 0.2) is 0 Å². The van der Waals surface area contributed by atoms with E-state index in [9.17, 15) is 18.3 Å². The van der Waals surface area contributed by atoms with Gasteiger partial charge in [0, 0.05) is 29.5 Å². The van der Waals surface area contributed by atoms with Gasteiger partial charge in [0.25, 0.3) is 10.1 Å². The third kappa shape index (κ3) is 3.85. The SMILES string of the molecule is CN(C(=O)C(Br)CBr)c1ccc2c(O)cc(S(=O)(=O)O)cc2c1. The van der Waals surface area contributed by atoms with Crippen molar-refractivity contribution in [3.05, 3.63) is 30.3 Å². The van der Waals surface area contributed by atoms with E-state index in [0.717, 1.165) is 6.07 Å². The van der Waals surface area contributed by atoms with E-state index in [1.807, 2.05) is 0 Å². The maximum Gasteiger partial charge on any atom is 0.294 e. The Morgan fingerprint density at radius 2 is 1.96 bits per heavy atom. The molecule has 2 aromatic rings. The Morgan fingerprint density at radius 1 is 1.30 bits per heavy atom. The van der Waals surface area contributed by atoms with Crippen LogP contribution in [0.15, 0.2) is 35.2 Å². The first kappa shape index (κ1) is 18.2. The van der Waals surface area contributed by atoms with Crippen LogP contribution in [0.2, 0.25) is 0 Å². The van der Waals surface area contributed by atoms with Gasteiger partial charge in [0.1, 0.15) is 10.6 Å². The number of aromatic hydroxyl groups is 1. The first-order valence-electron chi connectivity index (χ1n) is 6.37. The van der Waals surface area contributed by atoms with Crippen LogP contribution in [0.3, 0.4) is 0 Å². The van der Waals surface area contributed by atoms with E-state index >= 15 is 0 Å². The largest absolute Gasteiger partial charge is 0.507 e. The fourth-order valence-corrected chi connectivity index (χ4v) is 3.19. The number of rotatable bonds is 4. The molecule has 124 valence electrons. The molecule has 0 radical (unpaired) electrons. The molecule has 0 bridgehead atoms. The molecule has 0 aliphatic heterocycles. The van der Waals surface area contributed by atoms with Gasteiger partial charge in [-0.2, -0.15) is 8.42 Å². The lowest BCUT2D eigenvalue weighted by atomic mass is 10.1. The molecule has 0 aromatic heterocycles. The van der Waals surface area contributed by atoms with Gasteiger partial charge in [-0.3, -0.25) is 9.35 Å². The van der Waals surface area contributed by atoms with Crippen LogP contribution in [-0.4, -0.2) is 41.2 Å². The second-order valence-electron chi connectivity index (χ2n) is 4.84. The predicted octanol–water partition coefficient (Wildman–Crippen LogP) is 2.91. The number of phenolic OH excluding ortho intramolecular Hbond substituents is 1. The number of anilines is 1. The zero-order valence-electron chi connectivity index (χ0n) is 11.9. The maximum absolute atomic E-state index is 12.2. The van der Waals surface area contributed by atoms with Crippen LogP contribution in [0.1, 0.15) is 0 Å². The monoisotopic (exact) mass is 465 g/mol. The van der Waals surface area contributed by atoms with Crippen LogP contribution in [0.5, 0.6) is 5.75 Å². The number of carbonyl (C=O) groups excluding carboxylic acids is 1. The van der Waals surface area contributed by atoms with Gasteiger partial charge in [-0.15, -0.1) is 0 Å². The van der Waals surface area contributed by atoms with Crippen molar-refractivity contribution in [2.45, 2.75) is 9.72 Å². The highest BCUT2D eigenvalue weighted by Gasteiger charge is 2.20. The van der Waals surface area contributed by atoms with Gasteiger partial charge >= 0.3 is 0 Å². The molecule has 0 fully saturated rings. The summed E-state index contributed by atoms with van der Waals surface area (Å²) in [5, 5.41) is 11.2. The zero-order chi connectivity index (χ0) is 17.4. The van der Waals surface area contributed by atoms with E-state index in [1.165, 1.54) is 11.0 Å². The van der Waals surface area contributed by atoms with Crippen molar-refractivity contribution >= 4 is 64.3 Å². The third-order valence-electron chi connectivity index (χ3n) is 3.31. The second kappa shape index (κ2) is 6.76. The molecular weight excluding hydrogens is 454 g/mol. The molecule has 2 rings (SSSR count). The molecule has 2 N–H and O–H groups in total. The Bertz CT molecular complexity index is 869. The lowest BCUT2D eigenvalue weighted by Crippen LogP contribution is -2.34. The predicted molar refractivity (Wildman–Crippen MR) is 95.3 cm³/mol. The Hall–Kier alpha value is -1.16. The van der Waals surface area contributed by atoms with E-state index in [4.69, 9.17) is 4.55 Å². The summed E-state index contributed by atoms with van der Waals surface area (Å²) in [5.41, 5.74) is 0.528. The summed E-state index contributed by atoms with van der Waals surface area (Å²) < 4.78 is 31.6. The molecule has 1 unspecified atom stereocenters. The van der Waals surface area contributed by atoms with Crippen molar-refractivity contribution in [2.24, 2.45) is 0 Å². The molecule has 1 amide bonds. The second-order valence-corrected chi connectivity index (χ2v) is 8.02. The average Bonchev–Trinajstić information content (AvgIpc) is 2.51. The highest BCUT2D eigenvalue weighted by atomic mass is 79.9. The molecule has 0 aliphatic rings. The lowest BCUT2D eigenvalue weighted by Gasteiger charge is -2.20. The van der Waals surface area contributed by atoms with Gasteiger partial charge in [-0.25, -0.2) is 0 Å². The van der Waals surface area contributed by atoms with E-state index in [-0.39, 0.29) is 11.7 Å². The van der Waals surface area contributed by atoms with Crippen molar-refractivity contribution < 1.29 is 22.9 Å². The maximum atomic E-state index is 12.2. The summed E-state index contributed by atoms with van der Waals surface area (Å²) in [6.45, 7) is 0. The van der Waals surface area contributed by atoms with E-state index in [2.05, 4.69) is 31.9 Å². The molecule has 2 aromatic carbocycles. The standard InChI is InChI=1S/C14H13Br2NO5S/c1-17(14(19)12(16)7-15)9-2-3-11-8(4-9)5-10(6-13(11)18)23(20,21)22/h2-6,12,18H,7H2,1H3,(H,20,21,22). The summed E-state index contributed by atoms with van der Waals surface area (Å²) in [6.07, 6.45) is 0. The van der Waals surface area contributed by atoms with Crippen LogP contribution in [0, 0.1) is 0 Å². The Kier molecular flexibility index (Phi) is 5.34. The number of nitrogens with zero attached hydrogens (tertiary/aromatic N) is 1. The van der Waals surface area contributed by atoms with Crippen molar-refractivity contribution in [3.63, 3.8) is 0 Å². The molecule has 0 spiro atoms. The minimum atomic E-state index is -4.44. The summed E-state index contributed by atoms with van der Waals surface area (Å²) in [6, 6.07) is 7.00. The average molecular weight is 467 g/mol. The topological polar surface area (TPSA) is 94.9 Å². The van der Waals surface area contributed by atoms with Gasteiger partial charge < -0.3 is 10.0 Å². The van der Waals surface area contributed by atoms with Crippen LogP contribution >= 0.6 is 31.9 Å². The van der Waals surface area contributed by atoms with Crippen LogP contribution in [-0.2, 0) is 14.9 Å². The van der Waals surface area contributed by atoms with Gasteiger partial charge in [0.05, 0.1) is 4.90 Å². The minimum absolute atomic E-state index is 0.184. The number of fused-ring (bicyclic) bond motifs is 1. The normalized spacial score (nSPS) is 13.0. The van der Waals surface area contributed by atoms with Crippen LogP contribution in [0.4, 0.5) is 5.69 Å². The molecular formula is C14H13Br2NO5S. The summed E-state index contributed by atoms with van der Waals surface area (Å²) in [7, 11) is -2.85. The number of amides is 1. The fraction of sp³-hybridized carbons (Fsp3) is 0.214. The molecule has 6 nitrogen and oxygen atoms in total. The summed E-state index contributed by atoms with van der Waals surface area (Å²) in [5.74, 6) is -0.453. The Balaban J connectivity index is 2.55. The van der Waals surface area contributed by atoms with Gasteiger partial charge in [-0.05, 0) is 29.7 Å². The molecule has 0 heterocycles. The summed E-state index contributed by atoms with van der Waals surface area (Å²) in [4.78, 5) is 12.8. The van der Waals surface area contributed by atoms with E-state index in [0.29, 0.717) is 21.8 Å². The molecule has 0 saturated heterocycles. The number of phenols is 1. The Morgan fingerprint density at radius 3 is 2.52 bits per heavy atom. The highest BCUT2D eigenvalue weighted by molar-refractivity contribution is 9.12. The lowest BCUT2D eigenvalue weighted by molar-refractivity contribution is -0.117. The van der Waals surface area contributed by atoms with Crippen molar-refractivity contribution in [3.8, 4) is 5.75 Å². The van der Waals surface area contributed by atoms with Gasteiger partial charge in [0.2, 0.25) is 5.91 Å². The number of alkyl halides is 2. The molecule has 0 saturated carbocycles. The van der Waals surface area contributed by atoms with Crippen molar-refractivity contribution in [2.75, 3.05) is 17.3 Å². The Labute approximate surface area is 150 Å². The number of hydrogen-bond acceptors (Lipinski definition) is 4. The zero-order valence-corrected chi connectivity index (χ0v) is 15.9. The van der Waals surface area contributed by atoms with E-state index < -0.39 is 19.8 Å². The fourth-order valence-electron chi connectivity index (χ4n) is 2.07. The number of carbonyl (C=O) groups is 1. The van der Waals surface area contributed by atoms with Crippen LogP contribution in [0.25, 0.3) is 10.8 Å². The number of hydrogen-bond donors (Lipinski definition) is 2. The van der Waals surface area contributed by atoms with Gasteiger partial charge in [-0.1, -0.05) is 31.9 Å². The molecule has 9 heteroatoms. The third-order valence-corrected chi connectivity index (χ3v) is 6.37. The number of benzene rings is 2. The minimum Gasteiger partial charge on any atom is -0.507 e. The van der Waals surface area contributed by atoms with Crippen LogP contribution < -0.4 is 4.90 Å². The van der Waals surface area contributed by atoms with Crippen molar-refractivity contribution in [1.29, 1.82) is 0 Å². The molecule has 1 atom stereocenters. The van der Waals surface area contributed by atoms with Crippen molar-refractivity contribution in [1.82, 2.24) is 0 Å². The quantitative estimate of drug-likeness (QED) is 0.533. The summed E-state index contributed by atoms with van der Waals surface area (Å²) >= 11 is 6.46. The highest BCUT2D eigenvalue weighted by Crippen LogP contribution is 2.31. The molecule has 0 aliphatic carbocycles. The first-order valence-corrected chi connectivity index (χ1v) is 9.84. The molecule has 23 heavy (non-hydrogen) atoms. The smallest absolute Gasteiger partial charge is 0.294 e. The first-order chi connectivity index (χ1) is 10.6. The number of halogens is 2. The van der Waals surface area contributed by atoms with E-state index in [1.54, 1.807) is 25.2 Å².